The highest BCUT2D eigenvalue weighted by Crippen LogP contribution is 2.28. The van der Waals surface area contributed by atoms with Crippen LogP contribution in [0.3, 0.4) is 0 Å². The first-order valence-corrected chi connectivity index (χ1v) is 8.19. The Morgan fingerprint density at radius 2 is 1.83 bits per heavy atom. The van der Waals surface area contributed by atoms with Crippen molar-refractivity contribution >= 4 is 45.6 Å². The van der Waals surface area contributed by atoms with Gasteiger partial charge in [0.1, 0.15) is 0 Å². The van der Waals surface area contributed by atoms with Crippen LogP contribution in [-0.4, -0.2) is 19.2 Å². The molecule has 3 aromatic rings. The second kappa shape index (κ2) is 7.04. The zero-order valence-electron chi connectivity index (χ0n) is 13.1. The molecular weight excluding hydrogens is 421 g/mol. The van der Waals surface area contributed by atoms with Crippen molar-refractivity contribution in [3.8, 4) is 11.5 Å². The zero-order chi connectivity index (χ0) is 17.1. The smallest absolute Gasteiger partial charge is 0.347 e. The fraction of sp³-hybridized carbons (Fsp3) is 0.111. The van der Waals surface area contributed by atoms with Crippen molar-refractivity contribution in [3.63, 3.8) is 0 Å². The van der Waals surface area contributed by atoms with Gasteiger partial charge in [0.25, 0.3) is 0 Å². The van der Waals surface area contributed by atoms with Gasteiger partial charge in [-0.15, -0.1) is 0 Å². The lowest BCUT2D eigenvalue weighted by Gasteiger charge is -2.07. The predicted octanol–water partition coefficient (Wildman–Crippen LogP) is 3.98. The summed E-state index contributed by atoms with van der Waals surface area (Å²) in [5, 5.41) is 0.477. The van der Waals surface area contributed by atoms with Gasteiger partial charge in [-0.2, -0.15) is 0 Å². The Morgan fingerprint density at radius 1 is 1.04 bits per heavy atom. The van der Waals surface area contributed by atoms with Crippen molar-refractivity contribution in [2.45, 2.75) is 0 Å². The molecule has 0 unspecified atom stereocenters. The minimum absolute atomic E-state index is 0.253. The maximum atomic E-state index is 12.1. The van der Waals surface area contributed by atoms with Crippen molar-refractivity contribution in [1.29, 1.82) is 0 Å². The van der Waals surface area contributed by atoms with Gasteiger partial charge >= 0.3 is 5.63 Å². The lowest BCUT2D eigenvalue weighted by atomic mass is 10.2. The third-order valence-corrected chi connectivity index (χ3v) is 4.10. The number of nitrogens with zero attached hydrogens (tertiary/aromatic N) is 1. The summed E-state index contributed by atoms with van der Waals surface area (Å²) in [4.78, 5) is 16.4. The summed E-state index contributed by atoms with van der Waals surface area (Å²) in [5.41, 5.74) is 1.09. The van der Waals surface area contributed by atoms with Crippen LogP contribution in [0.4, 0.5) is 0 Å². The third-order valence-electron chi connectivity index (χ3n) is 3.43. The average molecular weight is 435 g/mol. The van der Waals surface area contributed by atoms with Crippen LogP contribution in [0.25, 0.3) is 23.1 Å². The molecule has 1 heterocycles. The first-order chi connectivity index (χ1) is 11.6. The molecule has 2 aromatic carbocycles. The summed E-state index contributed by atoms with van der Waals surface area (Å²) in [6.45, 7) is 0. The summed E-state index contributed by atoms with van der Waals surface area (Å²) >= 11 is 2.15. The topological polar surface area (TPSA) is 61.6 Å². The van der Waals surface area contributed by atoms with Gasteiger partial charge in [-0.25, -0.2) is 9.78 Å². The van der Waals surface area contributed by atoms with E-state index < -0.39 is 5.63 Å². The Hall–Kier alpha value is -2.35. The molecule has 0 spiro atoms. The first-order valence-electron chi connectivity index (χ1n) is 7.11. The number of benzene rings is 2. The molecule has 0 radical (unpaired) electrons. The minimum atomic E-state index is -0.398. The van der Waals surface area contributed by atoms with Gasteiger partial charge in [-0.3, -0.25) is 0 Å². The molecule has 0 fully saturated rings. The number of rotatable bonds is 4. The summed E-state index contributed by atoms with van der Waals surface area (Å²) in [7, 11) is 3.17. The molecule has 5 nitrogen and oxygen atoms in total. The Kier molecular flexibility index (Phi) is 4.84. The van der Waals surface area contributed by atoms with E-state index in [1.807, 2.05) is 30.3 Å². The van der Waals surface area contributed by atoms with Crippen molar-refractivity contribution < 1.29 is 13.9 Å². The van der Waals surface area contributed by atoms with Crippen LogP contribution in [0.5, 0.6) is 11.5 Å². The maximum absolute atomic E-state index is 12.1. The average Bonchev–Trinajstić information content (AvgIpc) is 2.60. The number of methoxy groups -OCH3 is 2. The summed E-state index contributed by atoms with van der Waals surface area (Å²) in [6.07, 6.45) is 3.45. The van der Waals surface area contributed by atoms with Crippen LogP contribution in [0, 0.1) is 3.57 Å². The number of ether oxygens (including phenoxy) is 2. The fourth-order valence-corrected chi connectivity index (χ4v) is 2.75. The lowest BCUT2D eigenvalue weighted by Crippen LogP contribution is -2.03. The number of fused-ring (bicyclic) bond motifs is 1. The van der Waals surface area contributed by atoms with Gasteiger partial charge in [0.15, 0.2) is 11.5 Å². The molecule has 0 N–H and O–H groups in total. The number of halogens is 1. The van der Waals surface area contributed by atoms with E-state index in [9.17, 15) is 4.79 Å². The predicted molar refractivity (Wildman–Crippen MR) is 101 cm³/mol. The third kappa shape index (κ3) is 3.43. The van der Waals surface area contributed by atoms with Crippen LogP contribution in [-0.2, 0) is 0 Å². The van der Waals surface area contributed by atoms with E-state index in [0.29, 0.717) is 22.4 Å². The van der Waals surface area contributed by atoms with Gasteiger partial charge in [0.2, 0.25) is 5.89 Å². The molecule has 1 aromatic heterocycles. The van der Waals surface area contributed by atoms with E-state index in [2.05, 4.69) is 27.6 Å². The molecule has 3 rings (SSSR count). The molecule has 0 aliphatic heterocycles. The Bertz CT molecular complexity index is 978. The van der Waals surface area contributed by atoms with Gasteiger partial charge in [-0.05, 0) is 64.6 Å². The molecule has 24 heavy (non-hydrogen) atoms. The van der Waals surface area contributed by atoms with E-state index in [0.717, 1.165) is 9.13 Å². The number of hydrogen-bond acceptors (Lipinski definition) is 5. The fourth-order valence-electron chi connectivity index (χ4n) is 2.26. The highest BCUT2D eigenvalue weighted by atomic mass is 127. The Morgan fingerprint density at radius 3 is 2.58 bits per heavy atom. The standard InChI is InChI=1S/C18H14INO4/c1-22-15-7-3-11(9-16(15)23-2)4-8-17-20-14-6-5-12(19)10-13(14)18(21)24-17/h3-10H,1-2H3/b8-4+. The largest absolute Gasteiger partial charge is 0.493 e. The molecule has 0 saturated heterocycles. The summed E-state index contributed by atoms with van der Waals surface area (Å²) in [5.74, 6) is 1.53. The quantitative estimate of drug-likeness (QED) is 0.581. The number of hydrogen-bond donors (Lipinski definition) is 0. The van der Waals surface area contributed by atoms with Crippen molar-refractivity contribution in [2.24, 2.45) is 0 Å². The maximum Gasteiger partial charge on any atom is 0.347 e. The zero-order valence-corrected chi connectivity index (χ0v) is 15.2. The van der Waals surface area contributed by atoms with Gasteiger partial charge in [0, 0.05) is 9.65 Å². The monoisotopic (exact) mass is 435 g/mol. The Labute approximate surface area is 152 Å². The highest BCUT2D eigenvalue weighted by molar-refractivity contribution is 14.1. The molecule has 6 heteroatoms. The van der Waals surface area contributed by atoms with Crippen LogP contribution in [0.15, 0.2) is 45.6 Å². The van der Waals surface area contributed by atoms with E-state index in [1.54, 1.807) is 32.4 Å². The molecule has 122 valence electrons. The lowest BCUT2D eigenvalue weighted by molar-refractivity contribution is 0.355. The summed E-state index contributed by atoms with van der Waals surface area (Å²) < 4.78 is 16.7. The van der Waals surface area contributed by atoms with Gasteiger partial charge in [0.05, 0.1) is 25.1 Å². The second-order valence-electron chi connectivity index (χ2n) is 4.95. The van der Waals surface area contributed by atoms with E-state index in [4.69, 9.17) is 13.9 Å². The van der Waals surface area contributed by atoms with Crippen molar-refractivity contribution in [2.75, 3.05) is 14.2 Å². The van der Waals surface area contributed by atoms with Gasteiger partial charge in [-0.1, -0.05) is 6.07 Å². The van der Waals surface area contributed by atoms with E-state index in [-0.39, 0.29) is 5.89 Å². The van der Waals surface area contributed by atoms with E-state index >= 15 is 0 Å². The first kappa shape index (κ1) is 16.5. The molecule has 0 bridgehead atoms. The van der Waals surface area contributed by atoms with Gasteiger partial charge < -0.3 is 13.9 Å². The number of aromatic nitrogens is 1. The molecular formula is C18H14INO4. The van der Waals surface area contributed by atoms with Crippen LogP contribution < -0.4 is 15.1 Å². The highest BCUT2D eigenvalue weighted by Gasteiger charge is 2.06. The molecule has 0 aliphatic rings. The molecule has 0 aliphatic carbocycles. The minimum Gasteiger partial charge on any atom is -0.493 e. The van der Waals surface area contributed by atoms with Crippen LogP contribution >= 0.6 is 22.6 Å². The normalized spacial score (nSPS) is 11.1. The summed E-state index contributed by atoms with van der Waals surface area (Å²) in [6, 6.07) is 11.0. The molecule has 0 saturated carbocycles. The second-order valence-corrected chi connectivity index (χ2v) is 6.19. The van der Waals surface area contributed by atoms with Crippen LogP contribution in [0.2, 0.25) is 0 Å². The molecule has 0 amide bonds. The Balaban J connectivity index is 1.96. The van der Waals surface area contributed by atoms with Crippen molar-refractivity contribution in [3.05, 3.63) is 61.8 Å². The SMILES string of the molecule is COc1ccc(/C=C/c2nc3ccc(I)cc3c(=O)o2)cc1OC. The van der Waals surface area contributed by atoms with Crippen molar-refractivity contribution in [1.82, 2.24) is 4.98 Å². The molecule has 0 atom stereocenters. The van der Waals surface area contributed by atoms with Crippen LogP contribution in [0.1, 0.15) is 11.5 Å². The van der Waals surface area contributed by atoms with E-state index in [1.165, 1.54) is 0 Å².